The van der Waals surface area contributed by atoms with Crippen LogP contribution < -0.4 is 0 Å². The summed E-state index contributed by atoms with van der Waals surface area (Å²) in [5.41, 5.74) is 0.483. The number of hydrogen-bond acceptors (Lipinski definition) is 4. The second-order valence-corrected chi connectivity index (χ2v) is 4.64. The highest BCUT2D eigenvalue weighted by Crippen LogP contribution is 2.23. The molecule has 0 aliphatic rings. The van der Waals surface area contributed by atoms with E-state index < -0.39 is 18.5 Å². The number of ketones is 1. The van der Waals surface area contributed by atoms with E-state index in [1.807, 2.05) is 0 Å². The second-order valence-electron chi connectivity index (χ2n) is 4.64. The quantitative estimate of drug-likeness (QED) is 0.694. The maximum atomic E-state index is 12.6. The molecule has 23 heavy (non-hydrogen) atoms. The lowest BCUT2D eigenvalue weighted by Gasteiger charge is -2.09. The van der Waals surface area contributed by atoms with Gasteiger partial charge in [0.15, 0.2) is 0 Å². The first-order chi connectivity index (χ1) is 11.1. The van der Waals surface area contributed by atoms with Crippen molar-refractivity contribution in [2.75, 3.05) is 0 Å². The molecule has 0 aliphatic carbocycles. The lowest BCUT2D eigenvalue weighted by molar-refractivity contribution is -0.0808. The summed E-state index contributed by atoms with van der Waals surface area (Å²) in [4.78, 5) is 28.4. The summed E-state index contributed by atoms with van der Waals surface area (Å²) in [5.74, 6) is -0.513. The van der Waals surface area contributed by atoms with Gasteiger partial charge in [0.05, 0.1) is 5.52 Å². The van der Waals surface area contributed by atoms with E-state index in [0.717, 1.165) is 4.57 Å². The van der Waals surface area contributed by atoms with E-state index in [4.69, 9.17) is 0 Å². The Morgan fingerprint density at radius 3 is 2.61 bits per heavy atom. The zero-order chi connectivity index (χ0) is 16.4. The van der Waals surface area contributed by atoms with E-state index in [0.29, 0.717) is 10.9 Å². The highest BCUT2D eigenvalue weighted by atomic mass is 19.3. The van der Waals surface area contributed by atoms with Crippen LogP contribution in [0.2, 0.25) is 0 Å². The molecule has 0 bridgehead atoms. The molecular formula is C16H10F2N2O3. The Morgan fingerprint density at radius 2 is 1.91 bits per heavy atom. The first kappa shape index (κ1) is 14.8. The predicted molar refractivity (Wildman–Crippen MR) is 77.5 cm³/mol. The van der Waals surface area contributed by atoms with Crippen molar-refractivity contribution in [3.8, 4) is 0 Å². The van der Waals surface area contributed by atoms with Gasteiger partial charge in [0.25, 0.3) is 0 Å². The number of ether oxygens (including phenoxy) is 1. The number of carbonyl (C=O) groups is 2. The molecule has 0 aliphatic heterocycles. The third-order valence-electron chi connectivity index (χ3n) is 3.24. The number of alkyl halides is 2. The Balaban J connectivity index is 2.16. The number of carbonyl (C=O) groups excluding carboxylic acids is 2. The zero-order valence-electron chi connectivity index (χ0n) is 11.6. The van der Waals surface area contributed by atoms with Gasteiger partial charge in [-0.05, 0) is 24.3 Å². The molecule has 0 atom stereocenters. The van der Waals surface area contributed by atoms with Gasteiger partial charge in [0, 0.05) is 23.3 Å². The van der Waals surface area contributed by atoms with E-state index in [-0.39, 0.29) is 11.3 Å². The Hall–Kier alpha value is -3.09. The van der Waals surface area contributed by atoms with E-state index in [1.165, 1.54) is 24.5 Å². The van der Waals surface area contributed by atoms with Gasteiger partial charge in [-0.2, -0.15) is 8.78 Å². The lowest BCUT2D eigenvalue weighted by Crippen LogP contribution is -2.21. The fourth-order valence-corrected chi connectivity index (χ4v) is 2.29. The number of pyridine rings is 1. The average Bonchev–Trinajstić information content (AvgIpc) is 2.93. The second kappa shape index (κ2) is 5.96. The van der Waals surface area contributed by atoms with Crippen LogP contribution >= 0.6 is 0 Å². The summed E-state index contributed by atoms with van der Waals surface area (Å²) in [5, 5.41) is 0.561. The number of hydrogen-bond donors (Lipinski definition) is 0. The number of nitrogens with zero attached hydrogens (tertiary/aromatic N) is 2. The first-order valence-electron chi connectivity index (χ1n) is 6.62. The van der Waals surface area contributed by atoms with Gasteiger partial charge >= 0.3 is 12.7 Å². The van der Waals surface area contributed by atoms with Crippen LogP contribution in [0.1, 0.15) is 16.1 Å². The fraction of sp³-hybridized carbons (Fsp3) is 0.0625. The topological polar surface area (TPSA) is 61.2 Å². The summed E-state index contributed by atoms with van der Waals surface area (Å²) in [6.07, 6.45) is 1.52. The molecule has 0 saturated heterocycles. The molecule has 3 rings (SSSR count). The average molecular weight is 316 g/mol. The minimum atomic E-state index is -3.27. The van der Waals surface area contributed by atoms with Crippen molar-refractivity contribution < 1.29 is 23.1 Å². The fourth-order valence-electron chi connectivity index (χ4n) is 2.29. The summed E-state index contributed by atoms with van der Waals surface area (Å²) in [6.45, 7) is -3.27. The van der Waals surface area contributed by atoms with Gasteiger partial charge in [-0.25, -0.2) is 9.36 Å². The molecule has 0 amide bonds. The molecule has 7 heteroatoms. The molecule has 116 valence electrons. The Morgan fingerprint density at radius 1 is 1.13 bits per heavy atom. The van der Waals surface area contributed by atoms with Gasteiger partial charge < -0.3 is 4.74 Å². The monoisotopic (exact) mass is 316 g/mol. The maximum absolute atomic E-state index is 12.6. The van der Waals surface area contributed by atoms with Crippen LogP contribution in [-0.4, -0.2) is 28.0 Å². The Kier molecular flexibility index (Phi) is 3.84. The number of halogens is 2. The van der Waals surface area contributed by atoms with Crippen molar-refractivity contribution in [1.29, 1.82) is 0 Å². The number of para-hydroxylation sites is 1. The summed E-state index contributed by atoms with van der Waals surface area (Å²) < 4.78 is 29.6. The molecular weight excluding hydrogens is 306 g/mol. The minimum absolute atomic E-state index is 0.0650. The van der Waals surface area contributed by atoms with E-state index in [1.54, 1.807) is 30.3 Å². The normalized spacial score (nSPS) is 10.9. The van der Waals surface area contributed by atoms with Gasteiger partial charge in [-0.1, -0.05) is 18.2 Å². The van der Waals surface area contributed by atoms with E-state index >= 15 is 0 Å². The number of fused-ring (bicyclic) bond motifs is 1. The van der Waals surface area contributed by atoms with Gasteiger partial charge in [-0.3, -0.25) is 9.78 Å². The highest BCUT2D eigenvalue weighted by molar-refractivity contribution is 6.12. The third-order valence-corrected chi connectivity index (χ3v) is 3.24. The van der Waals surface area contributed by atoms with Crippen molar-refractivity contribution in [3.63, 3.8) is 0 Å². The van der Waals surface area contributed by atoms with E-state index in [9.17, 15) is 18.4 Å². The van der Waals surface area contributed by atoms with E-state index in [2.05, 4.69) is 9.72 Å². The predicted octanol–water partition coefficient (Wildman–Crippen LogP) is 3.47. The Bertz CT molecular complexity index is 875. The number of benzene rings is 1. The van der Waals surface area contributed by atoms with Crippen LogP contribution in [0.3, 0.4) is 0 Å². The largest absolute Gasteiger partial charge is 0.423 e. The highest BCUT2D eigenvalue weighted by Gasteiger charge is 2.24. The SMILES string of the molecule is O=C(c1cccnc1)c1cc2ccccc2n1C(=O)OC(F)F. The van der Waals surface area contributed by atoms with Crippen LogP contribution in [-0.2, 0) is 4.74 Å². The smallest absolute Gasteiger partial charge is 0.386 e. The summed E-state index contributed by atoms with van der Waals surface area (Å²) in [6, 6.07) is 11.1. The van der Waals surface area contributed by atoms with Crippen molar-refractivity contribution in [3.05, 3.63) is 66.1 Å². The molecule has 0 unspecified atom stereocenters. The van der Waals surface area contributed by atoms with Crippen molar-refractivity contribution in [1.82, 2.24) is 9.55 Å². The molecule has 0 saturated carbocycles. The van der Waals surface area contributed by atoms with Crippen LogP contribution in [0.5, 0.6) is 0 Å². The molecule has 0 N–H and O–H groups in total. The molecule has 3 aromatic rings. The van der Waals surface area contributed by atoms with Crippen LogP contribution in [0.25, 0.3) is 10.9 Å². The third kappa shape index (κ3) is 2.80. The molecule has 5 nitrogen and oxygen atoms in total. The molecule has 0 fully saturated rings. The molecule has 0 spiro atoms. The first-order valence-corrected chi connectivity index (χ1v) is 6.62. The van der Waals surface area contributed by atoms with Crippen molar-refractivity contribution in [2.45, 2.75) is 6.61 Å². The molecule has 2 aromatic heterocycles. The summed E-state index contributed by atoms with van der Waals surface area (Å²) in [7, 11) is 0. The molecule has 0 radical (unpaired) electrons. The molecule has 2 heterocycles. The van der Waals surface area contributed by atoms with Gasteiger partial charge in [-0.15, -0.1) is 0 Å². The van der Waals surface area contributed by atoms with Crippen LogP contribution in [0, 0.1) is 0 Å². The minimum Gasteiger partial charge on any atom is -0.386 e. The van der Waals surface area contributed by atoms with Gasteiger partial charge in [0.2, 0.25) is 5.78 Å². The summed E-state index contributed by atoms with van der Waals surface area (Å²) >= 11 is 0. The number of aromatic nitrogens is 2. The standard InChI is InChI=1S/C16H10F2N2O3/c17-15(18)23-16(22)20-12-6-2-1-4-10(12)8-13(20)14(21)11-5-3-7-19-9-11/h1-9,15H. The zero-order valence-corrected chi connectivity index (χ0v) is 11.6. The van der Waals surface area contributed by atoms with Crippen LogP contribution in [0.15, 0.2) is 54.9 Å². The van der Waals surface area contributed by atoms with Gasteiger partial charge in [0.1, 0.15) is 5.69 Å². The molecule has 1 aromatic carbocycles. The van der Waals surface area contributed by atoms with Crippen LogP contribution in [0.4, 0.5) is 13.6 Å². The van der Waals surface area contributed by atoms with Crippen molar-refractivity contribution >= 4 is 22.8 Å². The maximum Gasteiger partial charge on any atom is 0.423 e. The Labute approximate surface area is 129 Å². The van der Waals surface area contributed by atoms with Crippen molar-refractivity contribution in [2.24, 2.45) is 0 Å². The lowest BCUT2D eigenvalue weighted by atomic mass is 10.1. The number of rotatable bonds is 3.